The molecule has 0 radical (unpaired) electrons. The maximum Gasteiger partial charge on any atom is 0.349 e. The number of esters is 2. The first-order chi connectivity index (χ1) is 13.4. The van der Waals surface area contributed by atoms with Crippen molar-refractivity contribution in [3.63, 3.8) is 0 Å². The summed E-state index contributed by atoms with van der Waals surface area (Å²) in [7, 11) is 0. The fourth-order valence-electron chi connectivity index (χ4n) is 3.02. The van der Waals surface area contributed by atoms with Crippen LogP contribution in [0.2, 0.25) is 0 Å². The summed E-state index contributed by atoms with van der Waals surface area (Å²) < 4.78 is 16.6. The topological polar surface area (TPSA) is 61.8 Å². The average molecular weight is 374 g/mol. The number of hydrogen-bond donors (Lipinski definition) is 0. The smallest absolute Gasteiger partial charge is 0.349 e. The first-order valence-electron chi connectivity index (χ1n) is 8.86. The molecule has 5 nitrogen and oxygen atoms in total. The normalized spacial score (nSPS) is 18.5. The fraction of sp³-hybridized carbons (Fsp3) is 0.130. The van der Waals surface area contributed by atoms with Crippen LogP contribution in [0.15, 0.2) is 84.0 Å². The highest BCUT2D eigenvalue weighted by Crippen LogP contribution is 2.35. The Morgan fingerprint density at radius 2 is 1.11 bits per heavy atom. The van der Waals surface area contributed by atoms with Gasteiger partial charge in [-0.2, -0.15) is 0 Å². The van der Waals surface area contributed by atoms with Gasteiger partial charge in [0.25, 0.3) is 5.79 Å². The van der Waals surface area contributed by atoms with Gasteiger partial charge in [0.2, 0.25) is 0 Å². The third-order valence-electron chi connectivity index (χ3n) is 4.28. The number of allylic oxidation sites excluding steroid dienone is 3. The van der Waals surface area contributed by atoms with Crippen molar-refractivity contribution in [3.8, 4) is 0 Å². The molecule has 2 aliphatic rings. The second-order valence-electron chi connectivity index (χ2n) is 6.86. The molecule has 2 heterocycles. The highest BCUT2D eigenvalue weighted by atomic mass is 16.7. The average Bonchev–Trinajstić information content (AvgIpc) is 2.67. The van der Waals surface area contributed by atoms with Crippen molar-refractivity contribution >= 4 is 23.5 Å². The number of benzene rings is 2. The van der Waals surface area contributed by atoms with E-state index in [4.69, 9.17) is 14.2 Å². The summed E-state index contributed by atoms with van der Waals surface area (Å²) in [6, 6.07) is 18.9. The van der Waals surface area contributed by atoms with Crippen molar-refractivity contribution in [1.82, 2.24) is 0 Å². The summed E-state index contributed by atoms with van der Waals surface area (Å²) in [5.74, 6) is -1.68. The number of carbonyl (C=O) groups excluding carboxylic acids is 2. The molecular weight excluding hydrogens is 356 g/mol. The van der Waals surface area contributed by atoms with Gasteiger partial charge < -0.3 is 14.2 Å². The lowest BCUT2D eigenvalue weighted by molar-refractivity contribution is -0.222. The maximum atomic E-state index is 12.5. The third kappa shape index (κ3) is 3.47. The Labute approximate surface area is 162 Å². The Morgan fingerprint density at radius 3 is 1.54 bits per heavy atom. The SMILES string of the molecule is CC1(C)OC(=O)C(=C2C=C(c3ccccc3)OC(c3ccccc3)=C2)C(=O)O1. The van der Waals surface area contributed by atoms with Gasteiger partial charge in [0.1, 0.15) is 11.5 Å². The van der Waals surface area contributed by atoms with Gasteiger partial charge in [-0.3, -0.25) is 0 Å². The molecule has 0 unspecified atom stereocenters. The van der Waals surface area contributed by atoms with Crippen LogP contribution >= 0.6 is 0 Å². The fourth-order valence-corrected chi connectivity index (χ4v) is 3.02. The van der Waals surface area contributed by atoms with Gasteiger partial charge >= 0.3 is 11.9 Å². The van der Waals surface area contributed by atoms with Gasteiger partial charge in [0.05, 0.1) is 0 Å². The molecule has 140 valence electrons. The molecule has 28 heavy (non-hydrogen) atoms. The van der Waals surface area contributed by atoms with E-state index >= 15 is 0 Å². The second-order valence-corrected chi connectivity index (χ2v) is 6.86. The molecule has 0 bridgehead atoms. The van der Waals surface area contributed by atoms with Crippen molar-refractivity contribution in [2.24, 2.45) is 0 Å². The zero-order valence-corrected chi connectivity index (χ0v) is 15.5. The van der Waals surface area contributed by atoms with Crippen LogP contribution in [0, 0.1) is 0 Å². The Hall–Kier alpha value is -3.60. The molecule has 4 rings (SSSR count). The molecule has 2 aromatic rings. The highest BCUT2D eigenvalue weighted by Gasteiger charge is 2.40. The molecule has 5 heteroatoms. The standard InChI is InChI=1S/C23H18O5/c1-23(2)27-21(24)20(22(25)28-23)17-13-18(15-9-5-3-6-10-15)26-19(14-17)16-11-7-4-8-12-16/h3-14H,1-2H3. The summed E-state index contributed by atoms with van der Waals surface area (Å²) in [5.41, 5.74) is 1.87. The lowest BCUT2D eigenvalue weighted by Crippen LogP contribution is -2.42. The Bertz CT molecular complexity index is 948. The minimum atomic E-state index is -1.29. The summed E-state index contributed by atoms with van der Waals surface area (Å²) in [5, 5.41) is 0. The first kappa shape index (κ1) is 17.8. The van der Waals surface area contributed by atoms with Crippen LogP contribution in [0.25, 0.3) is 11.5 Å². The molecule has 2 aromatic carbocycles. The van der Waals surface area contributed by atoms with E-state index in [1.165, 1.54) is 13.8 Å². The molecular formula is C23H18O5. The van der Waals surface area contributed by atoms with Crippen LogP contribution in [0.5, 0.6) is 0 Å². The van der Waals surface area contributed by atoms with E-state index in [9.17, 15) is 9.59 Å². The van der Waals surface area contributed by atoms with E-state index in [0.717, 1.165) is 11.1 Å². The quantitative estimate of drug-likeness (QED) is 0.447. The summed E-state index contributed by atoms with van der Waals surface area (Å²) in [6.07, 6.45) is 3.30. The molecule has 0 amide bonds. The molecule has 0 aromatic heterocycles. The van der Waals surface area contributed by atoms with Crippen molar-refractivity contribution in [2.45, 2.75) is 19.6 Å². The number of rotatable bonds is 2. The van der Waals surface area contributed by atoms with Crippen LogP contribution < -0.4 is 0 Å². The van der Waals surface area contributed by atoms with Crippen LogP contribution in [-0.4, -0.2) is 17.7 Å². The lowest BCUT2D eigenvalue weighted by atomic mass is 9.99. The summed E-state index contributed by atoms with van der Waals surface area (Å²) in [4.78, 5) is 25.1. The number of carbonyl (C=O) groups is 2. The van der Waals surface area contributed by atoms with E-state index < -0.39 is 17.7 Å². The molecule has 1 fully saturated rings. The zero-order valence-electron chi connectivity index (χ0n) is 15.5. The van der Waals surface area contributed by atoms with Crippen molar-refractivity contribution in [1.29, 1.82) is 0 Å². The van der Waals surface area contributed by atoms with Crippen molar-refractivity contribution < 1.29 is 23.8 Å². The largest absolute Gasteiger partial charge is 0.456 e. The van der Waals surface area contributed by atoms with Gasteiger partial charge in [-0.1, -0.05) is 60.7 Å². The number of ether oxygens (including phenoxy) is 3. The van der Waals surface area contributed by atoms with Gasteiger partial charge in [0, 0.05) is 30.5 Å². The van der Waals surface area contributed by atoms with Gasteiger partial charge in [-0.25, -0.2) is 9.59 Å². The molecule has 0 saturated carbocycles. The molecule has 0 spiro atoms. The van der Waals surface area contributed by atoms with Crippen molar-refractivity contribution in [3.05, 3.63) is 95.1 Å². The number of cyclic esters (lactones) is 2. The van der Waals surface area contributed by atoms with Gasteiger partial charge in [0.15, 0.2) is 5.57 Å². The monoisotopic (exact) mass is 374 g/mol. The van der Waals surface area contributed by atoms with E-state index in [-0.39, 0.29) is 5.57 Å². The zero-order chi connectivity index (χ0) is 19.7. The minimum Gasteiger partial charge on any atom is -0.456 e. The van der Waals surface area contributed by atoms with Crippen LogP contribution in [0.4, 0.5) is 0 Å². The predicted molar refractivity (Wildman–Crippen MR) is 103 cm³/mol. The van der Waals surface area contributed by atoms with Crippen LogP contribution in [0.3, 0.4) is 0 Å². The summed E-state index contributed by atoms with van der Waals surface area (Å²) in [6.45, 7) is 3.04. The van der Waals surface area contributed by atoms with Crippen LogP contribution in [-0.2, 0) is 23.8 Å². The molecule has 0 N–H and O–H groups in total. The van der Waals surface area contributed by atoms with Gasteiger partial charge in [-0.05, 0) is 12.2 Å². The maximum absolute atomic E-state index is 12.5. The van der Waals surface area contributed by atoms with Gasteiger partial charge in [-0.15, -0.1) is 0 Å². The van der Waals surface area contributed by atoms with Crippen LogP contribution in [0.1, 0.15) is 25.0 Å². The van der Waals surface area contributed by atoms with E-state index in [0.29, 0.717) is 17.1 Å². The first-order valence-corrected chi connectivity index (χ1v) is 8.86. The predicted octanol–water partition coefficient (Wildman–Crippen LogP) is 4.23. The van der Waals surface area contributed by atoms with E-state index in [2.05, 4.69) is 0 Å². The van der Waals surface area contributed by atoms with E-state index in [1.54, 1.807) is 12.2 Å². The van der Waals surface area contributed by atoms with Crippen molar-refractivity contribution in [2.75, 3.05) is 0 Å². The Kier molecular flexibility index (Phi) is 4.35. The molecule has 0 aliphatic carbocycles. The highest BCUT2D eigenvalue weighted by molar-refractivity contribution is 6.17. The lowest BCUT2D eigenvalue weighted by Gasteiger charge is -2.31. The molecule has 0 atom stereocenters. The minimum absolute atomic E-state index is 0.149. The Morgan fingerprint density at radius 1 is 0.679 bits per heavy atom. The molecule has 1 saturated heterocycles. The number of hydrogen-bond acceptors (Lipinski definition) is 5. The summed E-state index contributed by atoms with van der Waals surface area (Å²) >= 11 is 0. The Balaban J connectivity index is 1.86. The molecule has 2 aliphatic heterocycles. The second kappa shape index (κ2) is 6.85. The van der Waals surface area contributed by atoms with E-state index in [1.807, 2.05) is 60.7 Å². The third-order valence-corrected chi connectivity index (χ3v) is 4.28.